The molecule has 0 saturated heterocycles. The molecule has 0 saturated carbocycles. The van der Waals surface area contributed by atoms with E-state index < -0.39 is 0 Å². The molecule has 2 aromatic heterocycles. The molecule has 1 aliphatic carbocycles. The summed E-state index contributed by atoms with van der Waals surface area (Å²) in [5, 5.41) is 13.3. The van der Waals surface area contributed by atoms with Gasteiger partial charge in [0.25, 0.3) is 5.56 Å². The van der Waals surface area contributed by atoms with Crippen molar-refractivity contribution in [2.75, 3.05) is 0 Å². The Balaban J connectivity index is 1.73. The highest BCUT2D eigenvalue weighted by molar-refractivity contribution is 7.16. The van der Waals surface area contributed by atoms with Gasteiger partial charge in [0, 0.05) is 16.8 Å². The number of aromatic nitrogens is 2. The van der Waals surface area contributed by atoms with Gasteiger partial charge in [0.2, 0.25) is 0 Å². The molecule has 0 atom stereocenters. The molecule has 1 aliphatic rings. The molecule has 0 bridgehead atoms. The minimum absolute atomic E-state index is 0.141. The molecule has 6 heteroatoms. The van der Waals surface area contributed by atoms with E-state index in [1.807, 2.05) is 37.3 Å². The fourth-order valence-electron chi connectivity index (χ4n) is 3.35. The minimum Gasteiger partial charge on any atom is -0.295 e. The summed E-state index contributed by atoms with van der Waals surface area (Å²) in [6, 6.07) is 11.7. The van der Waals surface area contributed by atoms with Gasteiger partial charge in [0.1, 0.15) is 11.1 Å². The molecule has 0 amide bonds. The Morgan fingerprint density at radius 2 is 2.04 bits per heavy atom. The van der Waals surface area contributed by atoms with E-state index >= 15 is 0 Å². The van der Waals surface area contributed by atoms with Crippen LogP contribution < -0.4 is 5.56 Å². The number of nitriles is 1. The number of rotatable bonds is 3. The van der Waals surface area contributed by atoms with Crippen molar-refractivity contribution in [2.24, 2.45) is 4.99 Å². The average molecular weight is 362 g/mol. The lowest BCUT2D eigenvalue weighted by atomic mass is 9.96. The third kappa shape index (κ3) is 2.80. The number of nitrogens with one attached hydrogen (secondary N) is 1. The predicted octanol–water partition coefficient (Wildman–Crippen LogP) is 4.04. The Hall–Kier alpha value is -2.91. The first-order chi connectivity index (χ1) is 12.7. The summed E-state index contributed by atoms with van der Waals surface area (Å²) >= 11 is 1.58. The van der Waals surface area contributed by atoms with Crippen LogP contribution in [0.1, 0.15) is 40.1 Å². The first kappa shape index (κ1) is 16.6. The molecule has 0 fully saturated rings. The van der Waals surface area contributed by atoms with Gasteiger partial charge in [0.05, 0.1) is 16.8 Å². The van der Waals surface area contributed by atoms with Crippen molar-refractivity contribution in [3.63, 3.8) is 0 Å². The van der Waals surface area contributed by atoms with Crippen molar-refractivity contribution in [3.05, 3.63) is 67.9 Å². The van der Waals surface area contributed by atoms with Crippen molar-refractivity contribution in [1.29, 1.82) is 5.26 Å². The molecular formula is C20H18N4OS. The van der Waals surface area contributed by atoms with E-state index in [1.165, 1.54) is 16.0 Å². The number of nitrogens with zero attached hydrogens (tertiary/aromatic N) is 3. The van der Waals surface area contributed by atoms with Crippen LogP contribution in [0.15, 0.2) is 40.1 Å². The number of hydrogen-bond donors (Lipinski definition) is 1. The maximum Gasteiger partial charge on any atom is 0.280 e. The molecule has 0 spiro atoms. The van der Waals surface area contributed by atoms with E-state index in [2.05, 4.69) is 16.2 Å². The zero-order valence-corrected chi connectivity index (χ0v) is 15.3. The zero-order chi connectivity index (χ0) is 18.1. The molecule has 0 aliphatic heterocycles. The molecule has 0 radical (unpaired) electrons. The third-order valence-corrected chi connectivity index (χ3v) is 5.91. The Kier molecular flexibility index (Phi) is 4.31. The number of thiophene rings is 1. The van der Waals surface area contributed by atoms with Gasteiger partial charge < -0.3 is 0 Å². The summed E-state index contributed by atoms with van der Waals surface area (Å²) in [4.78, 5) is 18.5. The first-order valence-corrected chi connectivity index (χ1v) is 9.46. The summed E-state index contributed by atoms with van der Waals surface area (Å²) in [7, 11) is 0. The Morgan fingerprint density at radius 3 is 2.81 bits per heavy atom. The smallest absolute Gasteiger partial charge is 0.280 e. The highest BCUT2D eigenvalue weighted by Gasteiger charge is 2.20. The lowest BCUT2D eigenvalue weighted by Crippen LogP contribution is -2.17. The lowest BCUT2D eigenvalue weighted by Gasteiger charge is -2.09. The van der Waals surface area contributed by atoms with E-state index in [0.29, 0.717) is 16.1 Å². The lowest BCUT2D eigenvalue weighted by molar-refractivity contribution is 0.696. The normalized spacial score (nSPS) is 13.7. The van der Waals surface area contributed by atoms with E-state index in [9.17, 15) is 10.1 Å². The zero-order valence-electron chi connectivity index (χ0n) is 14.5. The number of hydrogen-bond acceptors (Lipinski definition) is 4. The van der Waals surface area contributed by atoms with Crippen LogP contribution in [-0.4, -0.2) is 16.0 Å². The van der Waals surface area contributed by atoms with Crippen molar-refractivity contribution in [2.45, 2.75) is 32.6 Å². The Morgan fingerprint density at radius 1 is 1.27 bits per heavy atom. The monoisotopic (exact) mass is 362 g/mol. The summed E-state index contributed by atoms with van der Waals surface area (Å²) in [6.07, 6.45) is 5.86. The molecule has 3 aromatic rings. The number of para-hydroxylation sites is 1. The number of aromatic amines is 1. The molecule has 2 heterocycles. The molecule has 0 unspecified atom stereocenters. The van der Waals surface area contributed by atoms with Gasteiger partial charge in [-0.15, -0.1) is 11.3 Å². The number of benzene rings is 1. The van der Waals surface area contributed by atoms with Gasteiger partial charge in [-0.05, 0) is 50.3 Å². The fourth-order valence-corrected chi connectivity index (χ4v) is 4.53. The number of aryl methyl sites for hydroxylation is 2. The number of H-pyrrole nitrogens is 1. The van der Waals surface area contributed by atoms with E-state index in [4.69, 9.17) is 0 Å². The molecule has 4 rings (SSSR count). The fraction of sp³-hybridized carbons (Fsp3) is 0.250. The van der Waals surface area contributed by atoms with E-state index in [0.717, 1.165) is 36.2 Å². The van der Waals surface area contributed by atoms with Crippen molar-refractivity contribution < 1.29 is 0 Å². The maximum absolute atomic E-state index is 12.7. The first-order valence-electron chi connectivity index (χ1n) is 8.65. The number of aliphatic imine (C=N–C) groups is 1. The molecule has 1 aromatic carbocycles. The Labute approximate surface area is 155 Å². The summed E-state index contributed by atoms with van der Waals surface area (Å²) in [5.74, 6) is 0. The SMILES string of the molecule is Cc1[nH]n(-c2ccccc2)c(=O)c1C=Nc1sc2c(c1C#N)CCCC2. The second kappa shape index (κ2) is 6.77. The highest BCUT2D eigenvalue weighted by atomic mass is 32.1. The van der Waals surface area contributed by atoms with Crippen molar-refractivity contribution in [3.8, 4) is 11.8 Å². The van der Waals surface area contributed by atoms with Gasteiger partial charge in [-0.3, -0.25) is 9.89 Å². The third-order valence-electron chi connectivity index (χ3n) is 4.71. The quantitative estimate of drug-likeness (QED) is 0.714. The molecule has 130 valence electrons. The van der Waals surface area contributed by atoms with Gasteiger partial charge in [-0.25, -0.2) is 9.67 Å². The van der Waals surface area contributed by atoms with Gasteiger partial charge >= 0.3 is 0 Å². The molecule has 26 heavy (non-hydrogen) atoms. The van der Waals surface area contributed by atoms with Crippen LogP contribution in [0.3, 0.4) is 0 Å². The van der Waals surface area contributed by atoms with Crippen molar-refractivity contribution >= 4 is 22.6 Å². The summed E-state index contributed by atoms with van der Waals surface area (Å²) in [5.41, 5.74) is 3.74. The molecule has 5 nitrogen and oxygen atoms in total. The van der Waals surface area contributed by atoms with Crippen LogP contribution in [0.5, 0.6) is 0 Å². The van der Waals surface area contributed by atoms with Gasteiger partial charge in [-0.2, -0.15) is 5.26 Å². The maximum atomic E-state index is 12.7. The van der Waals surface area contributed by atoms with Crippen molar-refractivity contribution in [1.82, 2.24) is 9.78 Å². The van der Waals surface area contributed by atoms with Crippen LogP contribution in [-0.2, 0) is 12.8 Å². The molecule has 1 N–H and O–H groups in total. The van der Waals surface area contributed by atoms with Crippen LogP contribution >= 0.6 is 11.3 Å². The van der Waals surface area contributed by atoms with E-state index in [1.54, 1.807) is 17.6 Å². The van der Waals surface area contributed by atoms with Crippen LogP contribution in [0.4, 0.5) is 5.00 Å². The second-order valence-electron chi connectivity index (χ2n) is 6.39. The standard InChI is InChI=1S/C20H18N4OS/c1-13-17(20(25)24(23-13)14-7-3-2-4-8-14)12-22-19-16(11-21)15-9-5-6-10-18(15)26-19/h2-4,7-8,12,23H,5-6,9-10H2,1H3. The second-order valence-corrected chi connectivity index (χ2v) is 7.47. The van der Waals surface area contributed by atoms with Crippen LogP contribution in [0, 0.1) is 18.3 Å². The average Bonchev–Trinajstić information content (AvgIpc) is 3.17. The Bertz CT molecular complexity index is 1080. The van der Waals surface area contributed by atoms with Crippen LogP contribution in [0.25, 0.3) is 5.69 Å². The number of fused-ring (bicyclic) bond motifs is 1. The summed E-state index contributed by atoms with van der Waals surface area (Å²) < 4.78 is 1.52. The van der Waals surface area contributed by atoms with Gasteiger partial charge in [-0.1, -0.05) is 18.2 Å². The van der Waals surface area contributed by atoms with E-state index in [-0.39, 0.29) is 5.56 Å². The summed E-state index contributed by atoms with van der Waals surface area (Å²) in [6.45, 7) is 1.85. The largest absolute Gasteiger partial charge is 0.295 e. The minimum atomic E-state index is -0.141. The highest BCUT2D eigenvalue weighted by Crippen LogP contribution is 2.39. The van der Waals surface area contributed by atoms with Crippen LogP contribution in [0.2, 0.25) is 0 Å². The predicted molar refractivity (Wildman–Crippen MR) is 104 cm³/mol. The molecular weight excluding hydrogens is 344 g/mol. The topological polar surface area (TPSA) is 73.9 Å². The van der Waals surface area contributed by atoms with Gasteiger partial charge in [0.15, 0.2) is 0 Å².